The Kier molecular flexibility index (Phi) is 3.46. The molecule has 0 aliphatic carbocycles. The van der Waals surface area contributed by atoms with E-state index in [1.165, 1.54) is 28.1 Å². The molecule has 0 aliphatic heterocycles. The molecule has 2 aromatic rings. The Morgan fingerprint density at radius 2 is 1.56 bits per heavy atom. The van der Waals surface area contributed by atoms with Gasteiger partial charge in [0.25, 0.3) is 0 Å². The van der Waals surface area contributed by atoms with Gasteiger partial charge in [-0.3, -0.25) is 4.68 Å². The van der Waals surface area contributed by atoms with Crippen molar-refractivity contribution in [2.45, 2.75) is 40.7 Å². The van der Waals surface area contributed by atoms with Crippen LogP contribution in [0.4, 0.5) is 0 Å². The summed E-state index contributed by atoms with van der Waals surface area (Å²) in [5.74, 6) is 0. The average Bonchev–Trinajstić information content (AvgIpc) is 2.60. The highest BCUT2D eigenvalue weighted by Crippen LogP contribution is 2.20. The molecule has 1 N–H and O–H groups in total. The predicted molar refractivity (Wildman–Crippen MR) is 77.6 cm³/mol. The van der Waals surface area contributed by atoms with Crippen LogP contribution in [0.15, 0.2) is 30.3 Å². The van der Waals surface area contributed by atoms with Crippen molar-refractivity contribution in [1.29, 1.82) is 0 Å². The molecule has 96 valence electrons. The number of hydrogen-bond acceptors (Lipinski definition) is 1. The highest BCUT2D eigenvalue weighted by molar-refractivity contribution is 5.34. The van der Waals surface area contributed by atoms with E-state index in [1.807, 2.05) is 0 Å². The first kappa shape index (κ1) is 12.7. The van der Waals surface area contributed by atoms with Gasteiger partial charge < -0.3 is 5.43 Å². The molecule has 1 heterocycles. The van der Waals surface area contributed by atoms with Gasteiger partial charge in [-0.2, -0.15) is 0 Å². The lowest BCUT2D eigenvalue weighted by Crippen LogP contribution is -2.21. The molecule has 0 radical (unpaired) electrons. The number of hydrogen-bond donors (Lipinski definition) is 1. The van der Waals surface area contributed by atoms with Crippen molar-refractivity contribution in [3.05, 3.63) is 58.4 Å². The van der Waals surface area contributed by atoms with E-state index in [-0.39, 0.29) is 0 Å². The third-order valence-corrected chi connectivity index (χ3v) is 3.49. The first-order valence-electron chi connectivity index (χ1n) is 6.47. The normalized spacial score (nSPS) is 12.5. The smallest absolute Gasteiger partial charge is 0.0648 e. The minimum Gasteiger partial charge on any atom is -0.319 e. The summed E-state index contributed by atoms with van der Waals surface area (Å²) in [5, 5.41) is 0. The molecule has 2 nitrogen and oxygen atoms in total. The van der Waals surface area contributed by atoms with Crippen LogP contribution in [-0.4, -0.2) is 4.68 Å². The van der Waals surface area contributed by atoms with Crippen LogP contribution in [0, 0.1) is 27.7 Å². The fourth-order valence-electron chi connectivity index (χ4n) is 2.45. The molecule has 0 aliphatic rings. The SMILES string of the molecule is Cc1ccc(C(C)Nn2c(C)ccc2C)c(C)c1. The summed E-state index contributed by atoms with van der Waals surface area (Å²) in [6.07, 6.45) is 0. The van der Waals surface area contributed by atoms with Crippen molar-refractivity contribution in [3.63, 3.8) is 0 Å². The third-order valence-electron chi connectivity index (χ3n) is 3.49. The summed E-state index contributed by atoms with van der Waals surface area (Å²) in [6, 6.07) is 11.2. The fourth-order valence-corrected chi connectivity index (χ4v) is 2.45. The van der Waals surface area contributed by atoms with Gasteiger partial charge in [0.2, 0.25) is 0 Å². The van der Waals surface area contributed by atoms with Crippen molar-refractivity contribution >= 4 is 0 Å². The summed E-state index contributed by atoms with van der Waals surface area (Å²) < 4.78 is 2.16. The van der Waals surface area contributed by atoms with E-state index in [0.29, 0.717) is 6.04 Å². The molecule has 0 spiro atoms. The Balaban J connectivity index is 2.24. The van der Waals surface area contributed by atoms with Gasteiger partial charge in [-0.1, -0.05) is 23.8 Å². The second kappa shape index (κ2) is 4.89. The first-order valence-corrected chi connectivity index (χ1v) is 6.47. The average molecular weight is 242 g/mol. The minimum absolute atomic E-state index is 0.301. The molecule has 1 aromatic heterocycles. The van der Waals surface area contributed by atoms with Gasteiger partial charge in [-0.15, -0.1) is 0 Å². The maximum Gasteiger partial charge on any atom is 0.0648 e. The van der Waals surface area contributed by atoms with Gasteiger partial charge in [0.15, 0.2) is 0 Å². The topological polar surface area (TPSA) is 17.0 Å². The second-order valence-corrected chi connectivity index (χ2v) is 5.16. The van der Waals surface area contributed by atoms with Gasteiger partial charge in [0, 0.05) is 11.4 Å². The van der Waals surface area contributed by atoms with Crippen molar-refractivity contribution in [3.8, 4) is 0 Å². The molecule has 0 fully saturated rings. The van der Waals surface area contributed by atoms with Crippen LogP contribution < -0.4 is 5.43 Å². The molecule has 1 unspecified atom stereocenters. The zero-order valence-corrected chi connectivity index (χ0v) is 11.9. The number of nitrogens with zero attached hydrogens (tertiary/aromatic N) is 1. The molecular weight excluding hydrogens is 220 g/mol. The van der Waals surface area contributed by atoms with Crippen LogP contribution in [0.25, 0.3) is 0 Å². The summed E-state index contributed by atoms with van der Waals surface area (Å²) in [6.45, 7) is 10.8. The first-order chi connectivity index (χ1) is 8.49. The Hall–Kier alpha value is -1.70. The molecule has 18 heavy (non-hydrogen) atoms. The lowest BCUT2D eigenvalue weighted by atomic mass is 10.0. The van der Waals surface area contributed by atoms with Crippen LogP contribution in [0.2, 0.25) is 0 Å². The van der Waals surface area contributed by atoms with Gasteiger partial charge in [0.05, 0.1) is 6.04 Å². The fraction of sp³-hybridized carbons (Fsp3) is 0.375. The maximum absolute atomic E-state index is 3.55. The summed E-state index contributed by atoms with van der Waals surface area (Å²) >= 11 is 0. The summed E-state index contributed by atoms with van der Waals surface area (Å²) in [4.78, 5) is 0. The number of rotatable bonds is 3. The molecule has 1 aromatic carbocycles. The van der Waals surface area contributed by atoms with Crippen LogP contribution in [0.1, 0.15) is 41.0 Å². The zero-order valence-electron chi connectivity index (χ0n) is 11.9. The Morgan fingerprint density at radius 1 is 0.944 bits per heavy atom. The van der Waals surface area contributed by atoms with E-state index in [1.54, 1.807) is 0 Å². The highest BCUT2D eigenvalue weighted by atomic mass is 15.4. The van der Waals surface area contributed by atoms with E-state index < -0.39 is 0 Å². The van der Waals surface area contributed by atoms with Gasteiger partial charge >= 0.3 is 0 Å². The van der Waals surface area contributed by atoms with E-state index >= 15 is 0 Å². The number of benzene rings is 1. The molecular formula is C16H22N2. The van der Waals surface area contributed by atoms with E-state index in [2.05, 4.69) is 75.1 Å². The zero-order chi connectivity index (χ0) is 13.3. The molecule has 2 heteroatoms. The minimum atomic E-state index is 0.301. The van der Waals surface area contributed by atoms with Crippen molar-refractivity contribution in [2.24, 2.45) is 0 Å². The lowest BCUT2D eigenvalue weighted by Gasteiger charge is -2.21. The maximum atomic E-state index is 3.55. The Bertz CT molecular complexity index is 533. The number of nitrogens with one attached hydrogen (secondary N) is 1. The van der Waals surface area contributed by atoms with Gasteiger partial charge in [0.1, 0.15) is 0 Å². The monoisotopic (exact) mass is 242 g/mol. The largest absolute Gasteiger partial charge is 0.319 e. The van der Waals surface area contributed by atoms with Gasteiger partial charge in [-0.25, -0.2) is 0 Å². The Morgan fingerprint density at radius 3 is 2.11 bits per heavy atom. The van der Waals surface area contributed by atoms with E-state index in [4.69, 9.17) is 0 Å². The molecule has 0 bridgehead atoms. The van der Waals surface area contributed by atoms with E-state index in [9.17, 15) is 0 Å². The molecule has 0 saturated carbocycles. The highest BCUT2D eigenvalue weighted by Gasteiger charge is 2.10. The van der Waals surface area contributed by atoms with Crippen LogP contribution in [0.5, 0.6) is 0 Å². The van der Waals surface area contributed by atoms with Crippen LogP contribution in [-0.2, 0) is 0 Å². The number of aromatic nitrogens is 1. The summed E-state index contributed by atoms with van der Waals surface area (Å²) in [7, 11) is 0. The van der Waals surface area contributed by atoms with Crippen LogP contribution >= 0.6 is 0 Å². The quantitative estimate of drug-likeness (QED) is 0.860. The summed E-state index contributed by atoms with van der Waals surface area (Å²) in [5.41, 5.74) is 10.0. The van der Waals surface area contributed by atoms with Crippen molar-refractivity contribution < 1.29 is 0 Å². The van der Waals surface area contributed by atoms with Crippen molar-refractivity contribution in [2.75, 3.05) is 5.43 Å². The van der Waals surface area contributed by atoms with Gasteiger partial charge in [-0.05, 0) is 57.9 Å². The molecule has 0 amide bonds. The molecule has 2 rings (SSSR count). The van der Waals surface area contributed by atoms with E-state index in [0.717, 1.165) is 0 Å². The van der Waals surface area contributed by atoms with Crippen molar-refractivity contribution in [1.82, 2.24) is 4.68 Å². The number of aryl methyl sites for hydroxylation is 4. The van der Waals surface area contributed by atoms with Crippen LogP contribution in [0.3, 0.4) is 0 Å². The molecule has 0 saturated heterocycles. The second-order valence-electron chi connectivity index (χ2n) is 5.16. The predicted octanol–water partition coefficient (Wildman–Crippen LogP) is 4.03. The standard InChI is InChI=1S/C16H22N2/c1-11-6-9-16(12(2)10-11)15(5)17-18-13(3)7-8-14(18)4/h6-10,15,17H,1-5H3. The third kappa shape index (κ3) is 2.42. The Labute approximate surface area is 110 Å². The lowest BCUT2D eigenvalue weighted by molar-refractivity contribution is 0.696. The molecule has 1 atom stereocenters.